The number of ether oxygens (including phenoxy) is 1. The van der Waals surface area contributed by atoms with Gasteiger partial charge in [0.1, 0.15) is 12.4 Å². The third kappa shape index (κ3) is 6.09. The minimum absolute atomic E-state index is 0. The van der Waals surface area contributed by atoms with Crippen molar-refractivity contribution in [2.75, 3.05) is 0 Å². The quantitative estimate of drug-likeness (QED) is 0.686. The van der Waals surface area contributed by atoms with E-state index in [1.807, 2.05) is 54.6 Å². The van der Waals surface area contributed by atoms with Gasteiger partial charge in [-0.25, -0.2) is 0 Å². The maximum atomic E-state index is 6.15. The molecule has 4 heteroatoms. The minimum Gasteiger partial charge on any atom is -1.00 e. The van der Waals surface area contributed by atoms with Gasteiger partial charge in [-0.05, 0) is 29.3 Å². The lowest BCUT2D eigenvalue weighted by molar-refractivity contribution is -0.00000506. The molecule has 0 heterocycles. The Morgan fingerprint density at radius 3 is 2.08 bits per heavy atom. The highest BCUT2D eigenvalue weighted by Gasteiger charge is 2.05. The molecule has 0 spiro atoms. The highest BCUT2D eigenvalue weighted by Crippen LogP contribution is 2.24. The van der Waals surface area contributed by atoms with Gasteiger partial charge in [-0.2, -0.15) is 0 Å². The summed E-state index contributed by atoms with van der Waals surface area (Å²) in [6.45, 7) is 2.07. The van der Waals surface area contributed by atoms with E-state index in [1.54, 1.807) is 0 Å². The largest absolute Gasteiger partial charge is 1.00 e. The molecule has 0 fully saturated rings. The average Bonchev–Trinajstić information content (AvgIpc) is 2.63. The van der Waals surface area contributed by atoms with Crippen molar-refractivity contribution in [1.29, 1.82) is 0 Å². The van der Waals surface area contributed by atoms with Crippen LogP contribution < -0.4 is 22.5 Å². The van der Waals surface area contributed by atoms with E-state index in [9.17, 15) is 0 Å². The van der Waals surface area contributed by atoms with Crippen LogP contribution >= 0.6 is 11.6 Å². The van der Waals surface area contributed by atoms with Gasteiger partial charge in [-0.3, -0.25) is 0 Å². The van der Waals surface area contributed by atoms with Gasteiger partial charge in [0.2, 0.25) is 0 Å². The van der Waals surface area contributed by atoms with E-state index in [0.717, 1.165) is 28.4 Å². The predicted molar refractivity (Wildman–Crippen MR) is 99.2 cm³/mol. The molecule has 0 aliphatic heterocycles. The van der Waals surface area contributed by atoms with Crippen LogP contribution in [0.3, 0.4) is 0 Å². The standard InChI is InChI=1S/C21H20ClNO.ClH/c22-20-11-12-21(24-16-18-9-5-2-6-10-18)19(13-20)15-23-14-17-7-3-1-4-8-17;/h1-13,23H,14-16H2;1H/p-1. The van der Waals surface area contributed by atoms with Gasteiger partial charge in [0, 0.05) is 23.7 Å². The second-order valence-electron chi connectivity index (χ2n) is 5.62. The molecule has 0 radical (unpaired) electrons. The molecule has 3 aromatic carbocycles. The molecule has 0 bridgehead atoms. The van der Waals surface area contributed by atoms with Crippen LogP contribution in [-0.4, -0.2) is 0 Å². The van der Waals surface area contributed by atoms with E-state index >= 15 is 0 Å². The van der Waals surface area contributed by atoms with Gasteiger partial charge < -0.3 is 22.5 Å². The summed E-state index contributed by atoms with van der Waals surface area (Å²) in [6, 6.07) is 26.2. The average molecular weight is 373 g/mol. The first-order valence-corrected chi connectivity index (χ1v) is 8.39. The van der Waals surface area contributed by atoms with Crippen molar-refractivity contribution in [2.45, 2.75) is 19.7 Å². The van der Waals surface area contributed by atoms with E-state index in [1.165, 1.54) is 5.56 Å². The van der Waals surface area contributed by atoms with Gasteiger partial charge in [0.05, 0.1) is 0 Å². The number of rotatable bonds is 7. The maximum absolute atomic E-state index is 6.15. The zero-order chi connectivity index (χ0) is 16.6. The number of hydrogen-bond acceptors (Lipinski definition) is 2. The summed E-state index contributed by atoms with van der Waals surface area (Å²) in [5.41, 5.74) is 3.47. The molecule has 3 rings (SSSR count). The summed E-state index contributed by atoms with van der Waals surface area (Å²) in [7, 11) is 0. The van der Waals surface area contributed by atoms with Crippen LogP contribution in [-0.2, 0) is 19.7 Å². The topological polar surface area (TPSA) is 21.3 Å². The fourth-order valence-electron chi connectivity index (χ4n) is 2.50. The summed E-state index contributed by atoms with van der Waals surface area (Å²) in [5, 5.41) is 4.17. The van der Waals surface area contributed by atoms with Crippen LogP contribution in [0.1, 0.15) is 16.7 Å². The molecule has 0 atom stereocenters. The van der Waals surface area contributed by atoms with Crippen molar-refractivity contribution in [3.8, 4) is 5.75 Å². The highest BCUT2D eigenvalue weighted by atomic mass is 35.5. The first kappa shape index (κ1) is 19.3. The lowest BCUT2D eigenvalue weighted by atomic mass is 10.1. The molecule has 25 heavy (non-hydrogen) atoms. The zero-order valence-electron chi connectivity index (χ0n) is 13.8. The third-order valence-electron chi connectivity index (χ3n) is 3.75. The molecule has 0 amide bonds. The molecule has 0 unspecified atom stereocenters. The molecular formula is C21H20Cl2NO-. The van der Waals surface area contributed by atoms with E-state index in [4.69, 9.17) is 16.3 Å². The summed E-state index contributed by atoms with van der Waals surface area (Å²) in [4.78, 5) is 0. The van der Waals surface area contributed by atoms with E-state index in [2.05, 4.69) is 29.6 Å². The molecule has 0 saturated heterocycles. The SMILES string of the molecule is Clc1ccc(OCc2ccccc2)c(CNCc2ccccc2)c1.[Cl-]. The van der Waals surface area contributed by atoms with Crippen LogP contribution in [0.25, 0.3) is 0 Å². The number of benzene rings is 3. The Bertz CT molecular complexity index is 763. The Morgan fingerprint density at radius 1 is 0.760 bits per heavy atom. The van der Waals surface area contributed by atoms with Crippen molar-refractivity contribution >= 4 is 11.6 Å². The summed E-state index contributed by atoms with van der Waals surface area (Å²) in [6.07, 6.45) is 0. The van der Waals surface area contributed by atoms with Crippen molar-refractivity contribution in [2.24, 2.45) is 0 Å². The van der Waals surface area contributed by atoms with Crippen LogP contribution in [0.2, 0.25) is 5.02 Å². The molecule has 0 aliphatic carbocycles. The normalized spacial score (nSPS) is 10.1. The van der Waals surface area contributed by atoms with E-state index in [0.29, 0.717) is 13.2 Å². The second kappa shape index (κ2) is 10.1. The molecular weight excluding hydrogens is 353 g/mol. The predicted octanol–water partition coefficient (Wildman–Crippen LogP) is 2.21. The molecule has 0 aliphatic rings. The van der Waals surface area contributed by atoms with Gasteiger partial charge >= 0.3 is 0 Å². The fourth-order valence-corrected chi connectivity index (χ4v) is 2.69. The third-order valence-corrected chi connectivity index (χ3v) is 3.98. The van der Waals surface area contributed by atoms with Crippen LogP contribution in [0.5, 0.6) is 5.75 Å². The van der Waals surface area contributed by atoms with Gasteiger partial charge in [-0.1, -0.05) is 72.3 Å². The Labute approximate surface area is 160 Å². The molecule has 130 valence electrons. The maximum Gasteiger partial charge on any atom is 0.124 e. The highest BCUT2D eigenvalue weighted by molar-refractivity contribution is 6.30. The number of halogens is 2. The van der Waals surface area contributed by atoms with Crippen molar-refractivity contribution in [3.05, 3.63) is 101 Å². The number of nitrogens with one attached hydrogen (secondary N) is 1. The van der Waals surface area contributed by atoms with Gasteiger partial charge in [-0.15, -0.1) is 0 Å². The lowest BCUT2D eigenvalue weighted by Crippen LogP contribution is -3.00. The summed E-state index contributed by atoms with van der Waals surface area (Å²) in [5.74, 6) is 0.865. The van der Waals surface area contributed by atoms with Crippen molar-refractivity contribution in [3.63, 3.8) is 0 Å². The minimum atomic E-state index is 0. The van der Waals surface area contributed by atoms with E-state index < -0.39 is 0 Å². The fraction of sp³-hybridized carbons (Fsp3) is 0.143. The molecule has 1 N–H and O–H groups in total. The lowest BCUT2D eigenvalue weighted by Gasteiger charge is -2.13. The van der Waals surface area contributed by atoms with Crippen LogP contribution in [0, 0.1) is 0 Å². The molecule has 2 nitrogen and oxygen atoms in total. The van der Waals surface area contributed by atoms with Crippen molar-refractivity contribution in [1.82, 2.24) is 5.32 Å². The van der Waals surface area contributed by atoms with Crippen molar-refractivity contribution < 1.29 is 17.1 Å². The molecule has 0 aromatic heterocycles. The van der Waals surface area contributed by atoms with E-state index in [-0.39, 0.29) is 12.4 Å². The first-order valence-electron chi connectivity index (χ1n) is 8.01. The van der Waals surface area contributed by atoms with Crippen LogP contribution in [0.15, 0.2) is 78.9 Å². The Kier molecular flexibility index (Phi) is 7.80. The summed E-state index contributed by atoms with van der Waals surface area (Å²) >= 11 is 6.15. The molecule has 3 aromatic rings. The first-order chi connectivity index (χ1) is 11.8. The Hall–Kier alpha value is -2.00. The number of hydrogen-bond donors (Lipinski definition) is 1. The monoisotopic (exact) mass is 372 g/mol. The smallest absolute Gasteiger partial charge is 0.124 e. The van der Waals surface area contributed by atoms with Gasteiger partial charge in [0.25, 0.3) is 0 Å². The van der Waals surface area contributed by atoms with Crippen LogP contribution in [0.4, 0.5) is 0 Å². The zero-order valence-corrected chi connectivity index (χ0v) is 15.3. The Balaban J connectivity index is 0.00000225. The summed E-state index contributed by atoms with van der Waals surface area (Å²) < 4.78 is 5.98. The second-order valence-corrected chi connectivity index (χ2v) is 6.05. The molecule has 0 saturated carbocycles. The Morgan fingerprint density at radius 2 is 1.40 bits per heavy atom. The van der Waals surface area contributed by atoms with Gasteiger partial charge in [0.15, 0.2) is 0 Å².